The quantitative estimate of drug-likeness (QED) is 0.394. The average molecular weight is 135 g/mol. The third kappa shape index (κ3) is 1.16. The second-order valence-electron chi connectivity index (χ2n) is 2.27. The van der Waals surface area contributed by atoms with Gasteiger partial charge in [0.15, 0.2) is 0 Å². The molecule has 0 fully saturated rings. The summed E-state index contributed by atoms with van der Waals surface area (Å²) in [4.78, 5) is 0. The molecular formula is C8H11N2+. The summed E-state index contributed by atoms with van der Waals surface area (Å²) in [6, 6.07) is 7.77. The molecule has 0 atom stereocenters. The maximum Gasteiger partial charge on any atom is 0.270 e. The molecule has 0 aliphatic heterocycles. The molecule has 0 aromatic heterocycles. The van der Waals surface area contributed by atoms with Crippen LogP contribution in [0.15, 0.2) is 24.3 Å². The maximum atomic E-state index is 5.41. The van der Waals surface area contributed by atoms with Crippen LogP contribution in [0.4, 0.5) is 0 Å². The van der Waals surface area contributed by atoms with Crippen molar-refractivity contribution in [2.24, 2.45) is 5.73 Å². The van der Waals surface area contributed by atoms with Gasteiger partial charge in [-0.15, -0.1) is 0 Å². The highest BCUT2D eigenvalue weighted by atomic mass is 14.7. The van der Waals surface area contributed by atoms with E-state index in [1.165, 1.54) is 0 Å². The SMILES string of the molecule is Cc1ccccc1C(N)=[NH2+]. The smallest absolute Gasteiger partial charge is 0.270 e. The zero-order valence-electron chi connectivity index (χ0n) is 5.96. The lowest BCUT2D eigenvalue weighted by molar-refractivity contribution is -0.114. The molecule has 0 saturated heterocycles. The molecule has 52 valence electrons. The summed E-state index contributed by atoms with van der Waals surface area (Å²) in [7, 11) is 0. The molecule has 0 saturated carbocycles. The van der Waals surface area contributed by atoms with E-state index in [0.29, 0.717) is 5.84 Å². The molecule has 0 bridgehead atoms. The molecule has 2 nitrogen and oxygen atoms in total. The van der Waals surface area contributed by atoms with Gasteiger partial charge in [-0.2, -0.15) is 0 Å². The minimum Gasteiger partial charge on any atom is -0.287 e. The molecule has 1 aromatic rings. The first-order valence-electron chi connectivity index (χ1n) is 3.15. The van der Waals surface area contributed by atoms with Gasteiger partial charge in [0.05, 0.1) is 5.56 Å². The molecule has 0 amide bonds. The van der Waals surface area contributed by atoms with E-state index in [-0.39, 0.29) is 0 Å². The van der Waals surface area contributed by atoms with Gasteiger partial charge in [-0.3, -0.25) is 11.1 Å². The van der Waals surface area contributed by atoms with E-state index >= 15 is 0 Å². The number of rotatable bonds is 1. The van der Waals surface area contributed by atoms with E-state index in [4.69, 9.17) is 11.1 Å². The van der Waals surface area contributed by atoms with E-state index in [1.54, 1.807) is 0 Å². The van der Waals surface area contributed by atoms with Crippen LogP contribution in [0.25, 0.3) is 0 Å². The Hall–Kier alpha value is -1.31. The predicted molar refractivity (Wildman–Crippen MR) is 41.4 cm³/mol. The van der Waals surface area contributed by atoms with Crippen LogP contribution in [0, 0.1) is 6.92 Å². The fourth-order valence-electron chi connectivity index (χ4n) is 0.897. The number of nitrogens with two attached hydrogens (primary N) is 2. The summed E-state index contributed by atoms with van der Waals surface area (Å²) in [5, 5.41) is 5.41. The lowest BCUT2D eigenvalue weighted by atomic mass is 10.1. The lowest BCUT2D eigenvalue weighted by Crippen LogP contribution is -2.46. The van der Waals surface area contributed by atoms with Crippen LogP contribution in [-0.4, -0.2) is 5.84 Å². The van der Waals surface area contributed by atoms with E-state index in [9.17, 15) is 0 Å². The molecule has 0 heterocycles. The molecular weight excluding hydrogens is 124 g/mol. The monoisotopic (exact) mass is 135 g/mol. The minimum absolute atomic E-state index is 0.387. The number of hydrogen-bond acceptors (Lipinski definition) is 0. The molecule has 2 heteroatoms. The van der Waals surface area contributed by atoms with E-state index in [2.05, 4.69) is 0 Å². The van der Waals surface area contributed by atoms with Gasteiger partial charge in [0.1, 0.15) is 0 Å². The average Bonchev–Trinajstić information content (AvgIpc) is 1.88. The molecule has 0 spiro atoms. The molecule has 1 aromatic carbocycles. The van der Waals surface area contributed by atoms with Crippen LogP contribution >= 0.6 is 0 Å². The summed E-state index contributed by atoms with van der Waals surface area (Å²) in [5.41, 5.74) is 7.46. The fourth-order valence-corrected chi connectivity index (χ4v) is 0.897. The Labute approximate surface area is 60.2 Å². The van der Waals surface area contributed by atoms with Crippen molar-refractivity contribution in [1.82, 2.24) is 0 Å². The van der Waals surface area contributed by atoms with Gasteiger partial charge in [-0.1, -0.05) is 18.2 Å². The standard InChI is InChI=1S/C8H10N2/c1-6-4-2-3-5-7(6)8(9)10/h2-5H,1H3,(H3,9,10)/p+1. The van der Waals surface area contributed by atoms with Gasteiger partial charge in [-0.25, -0.2) is 0 Å². The Balaban J connectivity index is 3.15. The van der Waals surface area contributed by atoms with Crippen molar-refractivity contribution in [2.45, 2.75) is 6.92 Å². The normalized spacial score (nSPS) is 9.30. The zero-order valence-corrected chi connectivity index (χ0v) is 5.96. The Kier molecular flexibility index (Phi) is 1.71. The molecule has 4 N–H and O–H groups in total. The highest BCUT2D eigenvalue weighted by Crippen LogP contribution is 2.03. The zero-order chi connectivity index (χ0) is 7.56. The van der Waals surface area contributed by atoms with Crippen molar-refractivity contribution < 1.29 is 5.41 Å². The van der Waals surface area contributed by atoms with Crippen molar-refractivity contribution in [2.75, 3.05) is 0 Å². The topological polar surface area (TPSA) is 51.6 Å². The van der Waals surface area contributed by atoms with E-state index in [0.717, 1.165) is 11.1 Å². The summed E-state index contributed by atoms with van der Waals surface area (Å²) < 4.78 is 0. The van der Waals surface area contributed by atoms with Crippen LogP contribution in [0.1, 0.15) is 11.1 Å². The van der Waals surface area contributed by atoms with Crippen molar-refractivity contribution >= 4 is 5.84 Å². The van der Waals surface area contributed by atoms with Crippen molar-refractivity contribution in [3.05, 3.63) is 35.4 Å². The summed E-state index contributed by atoms with van der Waals surface area (Å²) in [6.07, 6.45) is 0. The van der Waals surface area contributed by atoms with E-state index < -0.39 is 0 Å². The third-order valence-electron chi connectivity index (χ3n) is 1.46. The van der Waals surface area contributed by atoms with Gasteiger partial charge in [0.2, 0.25) is 0 Å². The molecule has 1 rings (SSSR count). The van der Waals surface area contributed by atoms with Gasteiger partial charge in [0.25, 0.3) is 5.84 Å². The van der Waals surface area contributed by atoms with E-state index in [1.807, 2.05) is 31.2 Å². The Morgan fingerprint density at radius 3 is 2.40 bits per heavy atom. The molecule has 0 aliphatic carbocycles. The van der Waals surface area contributed by atoms with Gasteiger partial charge in [0, 0.05) is 0 Å². The first-order valence-corrected chi connectivity index (χ1v) is 3.15. The molecule has 0 aliphatic rings. The molecule has 0 unspecified atom stereocenters. The number of amidine groups is 1. The van der Waals surface area contributed by atoms with Gasteiger partial charge < -0.3 is 0 Å². The second-order valence-corrected chi connectivity index (χ2v) is 2.27. The van der Waals surface area contributed by atoms with Crippen molar-refractivity contribution in [1.29, 1.82) is 0 Å². The largest absolute Gasteiger partial charge is 0.287 e. The molecule has 10 heavy (non-hydrogen) atoms. The van der Waals surface area contributed by atoms with Crippen LogP contribution in [0.3, 0.4) is 0 Å². The fraction of sp³-hybridized carbons (Fsp3) is 0.125. The third-order valence-corrected chi connectivity index (χ3v) is 1.46. The van der Waals surface area contributed by atoms with Crippen molar-refractivity contribution in [3.63, 3.8) is 0 Å². The number of benzene rings is 1. The highest BCUT2D eigenvalue weighted by molar-refractivity contribution is 5.93. The summed E-state index contributed by atoms with van der Waals surface area (Å²) in [6.45, 7) is 1.98. The summed E-state index contributed by atoms with van der Waals surface area (Å²) in [5.74, 6) is 0.387. The predicted octanol–water partition coefficient (Wildman–Crippen LogP) is -0.541. The number of hydrogen-bond donors (Lipinski definition) is 2. The van der Waals surface area contributed by atoms with Gasteiger partial charge >= 0.3 is 0 Å². The van der Waals surface area contributed by atoms with Crippen LogP contribution in [-0.2, 0) is 0 Å². The van der Waals surface area contributed by atoms with Gasteiger partial charge in [-0.05, 0) is 18.6 Å². The van der Waals surface area contributed by atoms with Crippen LogP contribution < -0.4 is 11.1 Å². The Bertz CT molecular complexity index is 253. The number of aryl methyl sites for hydroxylation is 1. The highest BCUT2D eigenvalue weighted by Gasteiger charge is 2.02. The Morgan fingerprint density at radius 2 is 2.00 bits per heavy atom. The van der Waals surface area contributed by atoms with Crippen LogP contribution in [0.2, 0.25) is 0 Å². The minimum atomic E-state index is 0.387. The first kappa shape index (κ1) is 6.81. The Morgan fingerprint density at radius 1 is 1.40 bits per heavy atom. The van der Waals surface area contributed by atoms with Crippen LogP contribution in [0.5, 0.6) is 0 Å². The second kappa shape index (κ2) is 2.52. The molecule has 0 radical (unpaired) electrons. The first-order chi connectivity index (χ1) is 4.72. The maximum absolute atomic E-state index is 5.41. The van der Waals surface area contributed by atoms with Crippen molar-refractivity contribution in [3.8, 4) is 0 Å². The summed E-state index contributed by atoms with van der Waals surface area (Å²) >= 11 is 0. The lowest BCUT2D eigenvalue weighted by Gasteiger charge is -1.96.